The number of benzene rings is 1. The van der Waals surface area contributed by atoms with Gasteiger partial charge in [-0.25, -0.2) is 0 Å². The van der Waals surface area contributed by atoms with Gasteiger partial charge in [-0.2, -0.15) is 0 Å². The van der Waals surface area contributed by atoms with Gasteiger partial charge in [-0.1, -0.05) is 32.0 Å². The van der Waals surface area contributed by atoms with Gasteiger partial charge in [0.15, 0.2) is 0 Å². The van der Waals surface area contributed by atoms with E-state index < -0.39 is 0 Å². The molecule has 0 saturated heterocycles. The minimum absolute atomic E-state index is 0.117. The first-order valence-corrected chi connectivity index (χ1v) is 6.57. The summed E-state index contributed by atoms with van der Waals surface area (Å²) in [6, 6.07) is 6.59. The summed E-state index contributed by atoms with van der Waals surface area (Å²) >= 11 is 0. The lowest BCUT2D eigenvalue weighted by Gasteiger charge is -2.26. The Labute approximate surface area is 106 Å². The summed E-state index contributed by atoms with van der Waals surface area (Å²) in [7, 11) is 2.01. The topological polar surface area (TPSA) is 24.1 Å². The highest BCUT2D eigenvalue weighted by atomic mass is 15.0. The van der Waals surface area contributed by atoms with Crippen LogP contribution in [0.2, 0.25) is 0 Å². The molecule has 1 aromatic rings. The molecule has 0 aromatic heterocycles. The summed E-state index contributed by atoms with van der Waals surface area (Å²) in [5, 5.41) is 6.94. The predicted molar refractivity (Wildman–Crippen MR) is 76.8 cm³/mol. The van der Waals surface area contributed by atoms with Crippen LogP contribution in [0.15, 0.2) is 18.2 Å². The van der Waals surface area contributed by atoms with Gasteiger partial charge in [-0.3, -0.25) is 0 Å². The summed E-state index contributed by atoms with van der Waals surface area (Å²) in [6.07, 6.45) is 2.16. The maximum absolute atomic E-state index is 3.61. The van der Waals surface area contributed by atoms with E-state index in [2.05, 4.69) is 56.5 Å². The summed E-state index contributed by atoms with van der Waals surface area (Å²) in [6.45, 7) is 9.78. The molecular formula is C15H26N2. The minimum atomic E-state index is 0.117. The van der Waals surface area contributed by atoms with Gasteiger partial charge >= 0.3 is 0 Å². The van der Waals surface area contributed by atoms with E-state index in [4.69, 9.17) is 0 Å². The summed E-state index contributed by atoms with van der Waals surface area (Å²) in [5.74, 6) is 0. The number of hydrogen-bond acceptors (Lipinski definition) is 2. The Balaban J connectivity index is 2.88. The monoisotopic (exact) mass is 234 g/mol. The highest BCUT2D eigenvalue weighted by molar-refractivity contribution is 5.58. The number of nitrogens with one attached hydrogen (secondary N) is 2. The highest BCUT2D eigenvalue weighted by Gasteiger charge is 2.15. The standard InChI is InChI=1S/C15H26N2/c1-6-12-9-8-10-13(7-2)14(12)17-11-15(3,4)16-5/h8-10,16-17H,6-7,11H2,1-5H3. The number of para-hydroxylation sites is 1. The number of aryl methyl sites for hydroxylation is 2. The smallest absolute Gasteiger partial charge is 0.0405 e. The molecule has 17 heavy (non-hydrogen) atoms. The van der Waals surface area contributed by atoms with Gasteiger partial charge in [0.05, 0.1) is 0 Å². The largest absolute Gasteiger partial charge is 0.383 e. The molecule has 2 heteroatoms. The molecule has 0 spiro atoms. The third-order valence-electron chi connectivity index (χ3n) is 3.38. The zero-order chi connectivity index (χ0) is 12.9. The summed E-state index contributed by atoms with van der Waals surface area (Å²) in [4.78, 5) is 0. The van der Waals surface area contributed by atoms with Crippen LogP contribution >= 0.6 is 0 Å². The molecule has 0 aliphatic rings. The van der Waals surface area contributed by atoms with Crippen molar-refractivity contribution >= 4 is 5.69 Å². The van der Waals surface area contributed by atoms with Gasteiger partial charge in [-0.05, 0) is 44.9 Å². The van der Waals surface area contributed by atoms with E-state index >= 15 is 0 Å². The van der Waals surface area contributed by atoms with Crippen LogP contribution < -0.4 is 10.6 Å². The lowest BCUT2D eigenvalue weighted by molar-refractivity contribution is 0.448. The number of hydrogen-bond donors (Lipinski definition) is 2. The van der Waals surface area contributed by atoms with Gasteiger partial charge < -0.3 is 10.6 Å². The normalized spacial score (nSPS) is 11.6. The number of anilines is 1. The fraction of sp³-hybridized carbons (Fsp3) is 0.600. The van der Waals surface area contributed by atoms with Crippen LogP contribution in [0.25, 0.3) is 0 Å². The minimum Gasteiger partial charge on any atom is -0.383 e. The van der Waals surface area contributed by atoms with Gasteiger partial charge in [0.25, 0.3) is 0 Å². The molecule has 2 nitrogen and oxygen atoms in total. The number of rotatable bonds is 6. The molecule has 0 unspecified atom stereocenters. The van der Waals surface area contributed by atoms with E-state index in [1.54, 1.807) is 0 Å². The molecule has 0 aliphatic heterocycles. The molecule has 0 bridgehead atoms. The Morgan fingerprint density at radius 2 is 1.59 bits per heavy atom. The van der Waals surface area contributed by atoms with Gasteiger partial charge in [-0.15, -0.1) is 0 Å². The second kappa shape index (κ2) is 6.06. The Hall–Kier alpha value is -1.02. The lowest BCUT2D eigenvalue weighted by Crippen LogP contribution is -2.43. The Bertz CT molecular complexity index is 334. The molecule has 1 aromatic carbocycles. The van der Waals surface area contributed by atoms with E-state index in [9.17, 15) is 0 Å². The average Bonchev–Trinajstić information content (AvgIpc) is 2.35. The van der Waals surface area contributed by atoms with Gasteiger partial charge in [0.2, 0.25) is 0 Å². The van der Waals surface area contributed by atoms with Crippen molar-refractivity contribution in [2.75, 3.05) is 18.9 Å². The van der Waals surface area contributed by atoms with Crippen LogP contribution in [0, 0.1) is 0 Å². The fourth-order valence-electron chi connectivity index (χ4n) is 1.87. The summed E-state index contributed by atoms with van der Waals surface area (Å²) in [5.41, 5.74) is 4.28. The molecular weight excluding hydrogens is 208 g/mol. The first-order valence-electron chi connectivity index (χ1n) is 6.57. The Morgan fingerprint density at radius 3 is 2.00 bits per heavy atom. The zero-order valence-corrected chi connectivity index (χ0v) is 11.9. The van der Waals surface area contributed by atoms with E-state index in [0.717, 1.165) is 19.4 Å². The van der Waals surface area contributed by atoms with Crippen LogP contribution in [0.5, 0.6) is 0 Å². The molecule has 0 atom stereocenters. The molecule has 2 N–H and O–H groups in total. The maximum Gasteiger partial charge on any atom is 0.0405 e. The predicted octanol–water partition coefficient (Wildman–Crippen LogP) is 3.22. The van der Waals surface area contributed by atoms with Crippen molar-refractivity contribution in [2.24, 2.45) is 0 Å². The van der Waals surface area contributed by atoms with Crippen molar-refractivity contribution < 1.29 is 0 Å². The Morgan fingerprint density at radius 1 is 1.06 bits per heavy atom. The van der Waals surface area contributed by atoms with Crippen LogP contribution in [-0.2, 0) is 12.8 Å². The second-order valence-electron chi connectivity index (χ2n) is 5.15. The van der Waals surface area contributed by atoms with Crippen LogP contribution in [0.4, 0.5) is 5.69 Å². The molecule has 0 heterocycles. The Kier molecular flexibility index (Phi) is 5.01. The third-order valence-corrected chi connectivity index (χ3v) is 3.38. The van der Waals surface area contributed by atoms with Crippen LogP contribution in [0.3, 0.4) is 0 Å². The highest BCUT2D eigenvalue weighted by Crippen LogP contribution is 2.23. The first-order chi connectivity index (χ1) is 8.04. The van der Waals surface area contributed by atoms with Crippen molar-refractivity contribution in [3.8, 4) is 0 Å². The molecule has 0 fully saturated rings. The fourth-order valence-corrected chi connectivity index (χ4v) is 1.87. The van der Waals surface area contributed by atoms with Crippen molar-refractivity contribution in [1.82, 2.24) is 5.32 Å². The van der Waals surface area contributed by atoms with Crippen molar-refractivity contribution in [3.05, 3.63) is 29.3 Å². The number of likely N-dealkylation sites (N-methyl/N-ethyl adjacent to an activating group) is 1. The third kappa shape index (κ3) is 3.74. The van der Waals surface area contributed by atoms with Gasteiger partial charge in [0.1, 0.15) is 0 Å². The molecule has 0 amide bonds. The van der Waals surface area contributed by atoms with E-state index in [1.165, 1.54) is 16.8 Å². The molecule has 0 radical (unpaired) electrons. The molecule has 0 aliphatic carbocycles. The van der Waals surface area contributed by atoms with Crippen LogP contribution in [0.1, 0.15) is 38.8 Å². The summed E-state index contributed by atoms with van der Waals surface area (Å²) < 4.78 is 0. The quantitative estimate of drug-likeness (QED) is 0.789. The van der Waals surface area contributed by atoms with Crippen molar-refractivity contribution in [2.45, 2.75) is 46.1 Å². The van der Waals surface area contributed by atoms with Crippen molar-refractivity contribution in [1.29, 1.82) is 0 Å². The second-order valence-corrected chi connectivity index (χ2v) is 5.15. The first kappa shape index (κ1) is 14.0. The van der Waals surface area contributed by atoms with Crippen LogP contribution in [-0.4, -0.2) is 19.1 Å². The van der Waals surface area contributed by atoms with E-state index in [0.29, 0.717) is 0 Å². The average molecular weight is 234 g/mol. The molecule has 96 valence electrons. The van der Waals surface area contributed by atoms with Crippen molar-refractivity contribution in [3.63, 3.8) is 0 Å². The zero-order valence-electron chi connectivity index (χ0n) is 11.9. The van der Waals surface area contributed by atoms with E-state index in [1.807, 2.05) is 7.05 Å². The van der Waals surface area contributed by atoms with E-state index in [-0.39, 0.29) is 5.54 Å². The SMILES string of the molecule is CCc1cccc(CC)c1NCC(C)(C)NC. The van der Waals surface area contributed by atoms with Gasteiger partial charge in [0, 0.05) is 17.8 Å². The lowest BCUT2D eigenvalue weighted by atomic mass is 10.0. The molecule has 0 saturated carbocycles. The molecule has 1 rings (SSSR count). The maximum atomic E-state index is 3.61.